The first-order valence-corrected chi connectivity index (χ1v) is 8.51. The molecule has 2 aromatic rings. The lowest BCUT2D eigenvalue weighted by molar-refractivity contribution is -0.111. The predicted octanol–water partition coefficient (Wildman–Crippen LogP) is 4.02. The second-order valence-electron chi connectivity index (χ2n) is 6.17. The molecule has 0 saturated heterocycles. The van der Waals surface area contributed by atoms with Crippen LogP contribution in [0.2, 0.25) is 0 Å². The second kappa shape index (κ2) is 8.24. The Hall–Kier alpha value is -2.95. The van der Waals surface area contributed by atoms with Crippen LogP contribution in [-0.2, 0) is 4.79 Å². The van der Waals surface area contributed by atoms with Crippen LogP contribution in [0.4, 0.5) is 11.4 Å². The molecule has 1 aliphatic rings. The van der Waals surface area contributed by atoms with Gasteiger partial charge in [0.15, 0.2) is 0 Å². The highest BCUT2D eigenvalue weighted by Crippen LogP contribution is 2.25. The van der Waals surface area contributed by atoms with Gasteiger partial charge in [-0.1, -0.05) is 18.9 Å². The summed E-state index contributed by atoms with van der Waals surface area (Å²) in [5, 5.41) is 5.63. The summed E-state index contributed by atoms with van der Waals surface area (Å²) < 4.78 is 0. The van der Waals surface area contributed by atoms with Crippen LogP contribution in [0.1, 0.15) is 36.0 Å². The van der Waals surface area contributed by atoms with E-state index < -0.39 is 0 Å². The number of amides is 2. The highest BCUT2D eigenvalue weighted by atomic mass is 16.2. The molecule has 0 aliphatic heterocycles. The highest BCUT2D eigenvalue weighted by molar-refractivity contribution is 6.04. The normalized spacial score (nSPS) is 14.6. The zero-order valence-electron chi connectivity index (χ0n) is 13.9. The van der Waals surface area contributed by atoms with Gasteiger partial charge in [-0.25, -0.2) is 0 Å². The Morgan fingerprint density at radius 2 is 1.68 bits per heavy atom. The number of rotatable bonds is 5. The van der Waals surface area contributed by atoms with Crippen molar-refractivity contribution in [1.82, 2.24) is 4.98 Å². The van der Waals surface area contributed by atoms with Gasteiger partial charge in [-0.05, 0) is 61.2 Å². The summed E-state index contributed by atoms with van der Waals surface area (Å²) in [5.41, 5.74) is 1.85. The smallest absolute Gasteiger partial charge is 0.257 e. The molecule has 2 N–H and O–H groups in total. The topological polar surface area (TPSA) is 71.1 Å². The molecule has 1 aromatic carbocycles. The minimum absolute atomic E-state index is 0.126. The Balaban J connectivity index is 1.53. The van der Waals surface area contributed by atoms with Crippen LogP contribution in [0.15, 0.2) is 60.9 Å². The zero-order valence-corrected chi connectivity index (χ0v) is 13.9. The van der Waals surface area contributed by atoms with Gasteiger partial charge in [0.05, 0.1) is 5.56 Å². The average Bonchev–Trinajstić information content (AvgIpc) is 3.16. The average molecular weight is 335 g/mol. The van der Waals surface area contributed by atoms with Crippen LogP contribution in [0.3, 0.4) is 0 Å². The molecule has 1 heterocycles. The lowest BCUT2D eigenvalue weighted by Crippen LogP contribution is -2.12. The standard InChI is InChI=1S/C20H21N3O2/c24-19(12-7-15-4-1-2-5-15)22-17-8-10-18(11-9-17)23-20(25)16-6-3-13-21-14-16/h3,6-15H,1-2,4-5H2,(H,22,24)(H,23,25)/b12-7+. The van der Waals surface area contributed by atoms with Crippen LogP contribution >= 0.6 is 0 Å². The molecule has 2 amide bonds. The third kappa shape index (κ3) is 5.01. The Morgan fingerprint density at radius 3 is 2.32 bits per heavy atom. The van der Waals surface area contributed by atoms with E-state index in [-0.39, 0.29) is 11.8 Å². The van der Waals surface area contributed by atoms with Gasteiger partial charge in [-0.3, -0.25) is 14.6 Å². The molecule has 128 valence electrons. The van der Waals surface area contributed by atoms with E-state index in [2.05, 4.69) is 15.6 Å². The van der Waals surface area contributed by atoms with E-state index in [0.717, 1.165) is 0 Å². The fourth-order valence-electron chi connectivity index (χ4n) is 2.89. The monoisotopic (exact) mass is 335 g/mol. The molecular weight excluding hydrogens is 314 g/mol. The molecule has 1 aromatic heterocycles. The van der Waals surface area contributed by atoms with Crippen LogP contribution in [0, 0.1) is 5.92 Å². The van der Waals surface area contributed by atoms with Crippen LogP contribution in [0.25, 0.3) is 0 Å². The number of aromatic nitrogens is 1. The van der Waals surface area contributed by atoms with Crippen LogP contribution < -0.4 is 10.6 Å². The van der Waals surface area contributed by atoms with Crippen molar-refractivity contribution >= 4 is 23.2 Å². The summed E-state index contributed by atoms with van der Waals surface area (Å²) in [5.74, 6) is 0.194. The molecule has 25 heavy (non-hydrogen) atoms. The first kappa shape index (κ1) is 16.9. The third-order valence-corrected chi connectivity index (χ3v) is 4.25. The summed E-state index contributed by atoms with van der Waals surface area (Å²) in [6.45, 7) is 0. The fourth-order valence-corrected chi connectivity index (χ4v) is 2.89. The van der Waals surface area contributed by atoms with Crippen molar-refractivity contribution in [3.8, 4) is 0 Å². The first-order valence-electron chi connectivity index (χ1n) is 8.51. The lowest BCUT2D eigenvalue weighted by atomic mass is 10.1. The van der Waals surface area contributed by atoms with Gasteiger partial charge in [0.2, 0.25) is 5.91 Å². The van der Waals surface area contributed by atoms with Gasteiger partial charge in [-0.15, -0.1) is 0 Å². The van der Waals surface area contributed by atoms with E-state index in [9.17, 15) is 9.59 Å². The van der Waals surface area contributed by atoms with Gasteiger partial charge >= 0.3 is 0 Å². The summed E-state index contributed by atoms with van der Waals surface area (Å²) in [6, 6.07) is 10.5. The van der Waals surface area contributed by atoms with Gasteiger partial charge in [0.1, 0.15) is 0 Å². The number of carbonyl (C=O) groups excluding carboxylic acids is 2. The van der Waals surface area contributed by atoms with E-state index >= 15 is 0 Å². The number of carbonyl (C=O) groups is 2. The van der Waals surface area contributed by atoms with Gasteiger partial charge in [0.25, 0.3) is 5.91 Å². The molecule has 0 atom stereocenters. The number of anilines is 2. The van der Waals surface area contributed by atoms with Crippen LogP contribution in [0.5, 0.6) is 0 Å². The van der Waals surface area contributed by atoms with Gasteiger partial charge < -0.3 is 10.6 Å². The molecular formula is C20H21N3O2. The Bertz CT molecular complexity index is 748. The fraction of sp³-hybridized carbons (Fsp3) is 0.250. The summed E-state index contributed by atoms with van der Waals surface area (Å²) in [7, 11) is 0. The molecule has 0 unspecified atom stereocenters. The molecule has 1 saturated carbocycles. The molecule has 0 radical (unpaired) electrons. The highest BCUT2D eigenvalue weighted by Gasteiger charge is 2.11. The van der Waals surface area contributed by atoms with Crippen molar-refractivity contribution in [3.05, 3.63) is 66.5 Å². The van der Waals surface area contributed by atoms with Crippen molar-refractivity contribution in [2.45, 2.75) is 25.7 Å². The number of benzene rings is 1. The van der Waals surface area contributed by atoms with E-state index in [0.29, 0.717) is 22.9 Å². The van der Waals surface area contributed by atoms with Gasteiger partial charge in [0, 0.05) is 23.8 Å². The molecule has 0 bridgehead atoms. The number of nitrogens with one attached hydrogen (secondary N) is 2. The number of hydrogen-bond donors (Lipinski definition) is 2. The summed E-state index contributed by atoms with van der Waals surface area (Å²) >= 11 is 0. The van der Waals surface area contributed by atoms with E-state index in [4.69, 9.17) is 0 Å². The molecule has 1 fully saturated rings. The van der Waals surface area contributed by atoms with E-state index in [1.165, 1.54) is 31.9 Å². The number of pyridine rings is 1. The zero-order chi connectivity index (χ0) is 17.5. The predicted molar refractivity (Wildman–Crippen MR) is 98.4 cm³/mol. The summed E-state index contributed by atoms with van der Waals surface area (Å²) in [4.78, 5) is 27.9. The van der Waals surface area contributed by atoms with E-state index in [1.807, 2.05) is 6.08 Å². The molecule has 5 heteroatoms. The largest absolute Gasteiger partial charge is 0.323 e. The second-order valence-corrected chi connectivity index (χ2v) is 6.17. The number of allylic oxidation sites excluding steroid dienone is 1. The Labute approximate surface area is 147 Å². The SMILES string of the molecule is O=C(/C=C/C1CCCC1)Nc1ccc(NC(=O)c2cccnc2)cc1. The molecule has 0 spiro atoms. The maximum Gasteiger partial charge on any atom is 0.257 e. The van der Waals surface area contributed by atoms with Crippen molar-refractivity contribution in [2.75, 3.05) is 10.6 Å². The first-order chi connectivity index (χ1) is 12.2. The van der Waals surface area contributed by atoms with Crippen molar-refractivity contribution in [3.63, 3.8) is 0 Å². The Kier molecular flexibility index (Phi) is 5.57. The number of nitrogens with zero attached hydrogens (tertiary/aromatic N) is 1. The number of hydrogen-bond acceptors (Lipinski definition) is 3. The quantitative estimate of drug-likeness (QED) is 0.811. The van der Waals surface area contributed by atoms with Gasteiger partial charge in [-0.2, -0.15) is 0 Å². The van der Waals surface area contributed by atoms with Crippen molar-refractivity contribution in [2.24, 2.45) is 5.92 Å². The van der Waals surface area contributed by atoms with Crippen molar-refractivity contribution < 1.29 is 9.59 Å². The molecule has 3 rings (SSSR count). The minimum Gasteiger partial charge on any atom is -0.323 e. The lowest BCUT2D eigenvalue weighted by Gasteiger charge is -2.07. The van der Waals surface area contributed by atoms with E-state index in [1.54, 1.807) is 48.7 Å². The third-order valence-electron chi connectivity index (χ3n) is 4.25. The Morgan fingerprint density at radius 1 is 1.00 bits per heavy atom. The molecule has 1 aliphatic carbocycles. The minimum atomic E-state index is -0.218. The molecule has 5 nitrogen and oxygen atoms in total. The van der Waals surface area contributed by atoms with Crippen molar-refractivity contribution in [1.29, 1.82) is 0 Å². The van der Waals surface area contributed by atoms with Crippen LogP contribution in [-0.4, -0.2) is 16.8 Å². The maximum absolute atomic E-state index is 12.1. The maximum atomic E-state index is 12.1. The summed E-state index contributed by atoms with van der Waals surface area (Å²) in [6.07, 6.45) is 11.6.